The van der Waals surface area contributed by atoms with Crippen LogP contribution in [0.15, 0.2) is 24.3 Å². The topological polar surface area (TPSA) is 21.3 Å². The molecule has 0 saturated heterocycles. The molecule has 2 rings (SSSR count). The molecule has 1 aromatic carbocycles. The van der Waals surface area contributed by atoms with E-state index in [1.165, 1.54) is 31.2 Å². The summed E-state index contributed by atoms with van der Waals surface area (Å²) in [5.41, 5.74) is 1.32. The van der Waals surface area contributed by atoms with E-state index in [1.54, 1.807) is 7.11 Å². The van der Waals surface area contributed by atoms with Crippen molar-refractivity contribution in [3.8, 4) is 5.75 Å². The minimum Gasteiger partial charge on any atom is -0.497 e. The van der Waals surface area contributed by atoms with Crippen molar-refractivity contribution in [2.75, 3.05) is 7.11 Å². The highest BCUT2D eigenvalue weighted by Crippen LogP contribution is 2.32. The van der Waals surface area contributed by atoms with Crippen molar-refractivity contribution in [2.45, 2.75) is 58.5 Å². The van der Waals surface area contributed by atoms with Gasteiger partial charge in [0.2, 0.25) is 0 Å². The molecule has 0 spiro atoms. The molecule has 20 heavy (non-hydrogen) atoms. The van der Waals surface area contributed by atoms with Crippen molar-refractivity contribution in [3.63, 3.8) is 0 Å². The van der Waals surface area contributed by atoms with Gasteiger partial charge in [0.15, 0.2) is 0 Å². The standard InChI is InChI=1S/C18H29NO/c1-13(2)17-10-5-6-11-18(17)19-14(3)15-8-7-9-16(12-15)20-4/h7-9,12-14,17-19H,5-6,10-11H2,1-4H3/t14-,17?,18?/m0/s1. The molecule has 1 fully saturated rings. The van der Waals surface area contributed by atoms with Crippen molar-refractivity contribution in [1.29, 1.82) is 0 Å². The highest BCUT2D eigenvalue weighted by Gasteiger charge is 2.28. The molecule has 0 aliphatic heterocycles. The van der Waals surface area contributed by atoms with Gasteiger partial charge in [-0.1, -0.05) is 38.8 Å². The van der Waals surface area contributed by atoms with E-state index in [9.17, 15) is 0 Å². The van der Waals surface area contributed by atoms with E-state index in [2.05, 4.69) is 44.3 Å². The van der Waals surface area contributed by atoms with Gasteiger partial charge in [-0.3, -0.25) is 0 Å². The van der Waals surface area contributed by atoms with Crippen LogP contribution in [0.5, 0.6) is 5.75 Å². The van der Waals surface area contributed by atoms with Gasteiger partial charge in [-0.25, -0.2) is 0 Å². The van der Waals surface area contributed by atoms with Crippen molar-refractivity contribution >= 4 is 0 Å². The lowest BCUT2D eigenvalue weighted by molar-refractivity contribution is 0.195. The third-order valence-corrected chi connectivity index (χ3v) is 4.73. The molecule has 2 unspecified atom stereocenters. The van der Waals surface area contributed by atoms with Crippen LogP contribution in [0.3, 0.4) is 0 Å². The first-order valence-corrected chi connectivity index (χ1v) is 8.01. The molecule has 1 saturated carbocycles. The second kappa shape index (κ2) is 7.12. The van der Waals surface area contributed by atoms with Gasteiger partial charge in [0.05, 0.1) is 7.11 Å². The van der Waals surface area contributed by atoms with Crippen molar-refractivity contribution < 1.29 is 4.74 Å². The highest BCUT2D eigenvalue weighted by molar-refractivity contribution is 5.30. The zero-order chi connectivity index (χ0) is 14.5. The van der Waals surface area contributed by atoms with E-state index < -0.39 is 0 Å². The smallest absolute Gasteiger partial charge is 0.119 e. The van der Waals surface area contributed by atoms with E-state index in [0.717, 1.165) is 17.6 Å². The van der Waals surface area contributed by atoms with E-state index in [-0.39, 0.29) is 0 Å². The quantitative estimate of drug-likeness (QED) is 0.850. The maximum atomic E-state index is 5.33. The Kier molecular flexibility index (Phi) is 5.47. The Morgan fingerprint density at radius 3 is 2.60 bits per heavy atom. The summed E-state index contributed by atoms with van der Waals surface area (Å²) in [6.07, 6.45) is 5.46. The molecule has 1 aliphatic carbocycles. The molecule has 0 bridgehead atoms. The fraction of sp³-hybridized carbons (Fsp3) is 0.667. The molecule has 2 nitrogen and oxygen atoms in total. The van der Waals surface area contributed by atoms with Crippen LogP contribution >= 0.6 is 0 Å². The molecule has 1 N–H and O–H groups in total. The van der Waals surface area contributed by atoms with E-state index in [1.807, 2.05) is 6.07 Å². The Hall–Kier alpha value is -1.02. The minimum absolute atomic E-state index is 0.384. The van der Waals surface area contributed by atoms with Gasteiger partial charge in [0.25, 0.3) is 0 Å². The normalized spacial score (nSPS) is 24.6. The van der Waals surface area contributed by atoms with Gasteiger partial charge in [-0.2, -0.15) is 0 Å². The first-order chi connectivity index (χ1) is 9.61. The van der Waals surface area contributed by atoms with Crippen LogP contribution in [0, 0.1) is 11.8 Å². The third-order valence-electron chi connectivity index (χ3n) is 4.73. The zero-order valence-corrected chi connectivity index (χ0v) is 13.4. The Balaban J connectivity index is 2.03. The summed E-state index contributed by atoms with van der Waals surface area (Å²) in [7, 11) is 1.73. The molecule has 2 heteroatoms. The van der Waals surface area contributed by atoms with Gasteiger partial charge in [-0.15, -0.1) is 0 Å². The molecule has 3 atom stereocenters. The number of hydrogen-bond donors (Lipinski definition) is 1. The van der Waals surface area contributed by atoms with E-state index in [0.29, 0.717) is 12.1 Å². The second-order valence-corrected chi connectivity index (χ2v) is 6.46. The molecule has 0 aromatic heterocycles. The van der Waals surface area contributed by atoms with Crippen LogP contribution < -0.4 is 10.1 Å². The molecular formula is C18H29NO. The van der Waals surface area contributed by atoms with Gasteiger partial charge in [0, 0.05) is 12.1 Å². The summed E-state index contributed by atoms with van der Waals surface area (Å²) in [5.74, 6) is 2.53. The SMILES string of the molecule is COc1cccc([C@H](C)NC2CCCCC2C(C)C)c1. The fourth-order valence-electron chi connectivity index (χ4n) is 3.49. The molecule has 112 valence electrons. The van der Waals surface area contributed by atoms with Gasteiger partial charge < -0.3 is 10.1 Å². The Morgan fingerprint density at radius 1 is 1.15 bits per heavy atom. The Labute approximate surface area is 123 Å². The lowest BCUT2D eigenvalue weighted by atomic mass is 9.77. The first kappa shape index (κ1) is 15.4. The van der Waals surface area contributed by atoms with Crippen LogP contribution in [0.25, 0.3) is 0 Å². The van der Waals surface area contributed by atoms with E-state index >= 15 is 0 Å². The van der Waals surface area contributed by atoms with Crippen LogP contribution in [-0.2, 0) is 0 Å². The van der Waals surface area contributed by atoms with E-state index in [4.69, 9.17) is 4.74 Å². The molecule has 0 amide bonds. The number of nitrogens with one attached hydrogen (secondary N) is 1. The summed E-state index contributed by atoms with van der Waals surface area (Å²) in [6.45, 7) is 6.99. The number of ether oxygens (including phenoxy) is 1. The number of hydrogen-bond acceptors (Lipinski definition) is 2. The maximum Gasteiger partial charge on any atom is 0.119 e. The zero-order valence-electron chi connectivity index (χ0n) is 13.4. The monoisotopic (exact) mass is 275 g/mol. The van der Waals surface area contributed by atoms with Crippen LogP contribution in [0.2, 0.25) is 0 Å². The minimum atomic E-state index is 0.384. The van der Waals surface area contributed by atoms with Crippen LogP contribution in [0.1, 0.15) is 58.1 Å². The number of rotatable bonds is 5. The average Bonchev–Trinajstić information content (AvgIpc) is 2.47. The van der Waals surface area contributed by atoms with Crippen LogP contribution in [0.4, 0.5) is 0 Å². The largest absolute Gasteiger partial charge is 0.497 e. The molecule has 0 heterocycles. The summed E-state index contributed by atoms with van der Waals surface area (Å²) >= 11 is 0. The number of methoxy groups -OCH3 is 1. The molecule has 1 aromatic rings. The van der Waals surface area contributed by atoms with Crippen molar-refractivity contribution in [1.82, 2.24) is 5.32 Å². The second-order valence-electron chi connectivity index (χ2n) is 6.46. The van der Waals surface area contributed by atoms with Gasteiger partial charge >= 0.3 is 0 Å². The number of benzene rings is 1. The summed E-state index contributed by atoms with van der Waals surface area (Å²) in [5, 5.41) is 3.86. The fourth-order valence-corrected chi connectivity index (χ4v) is 3.49. The summed E-state index contributed by atoms with van der Waals surface area (Å²) in [6, 6.07) is 9.46. The lowest BCUT2D eigenvalue weighted by Gasteiger charge is -2.37. The summed E-state index contributed by atoms with van der Waals surface area (Å²) < 4.78 is 5.33. The maximum absolute atomic E-state index is 5.33. The van der Waals surface area contributed by atoms with Gasteiger partial charge in [0.1, 0.15) is 5.75 Å². The van der Waals surface area contributed by atoms with Crippen LogP contribution in [-0.4, -0.2) is 13.2 Å². The molecular weight excluding hydrogens is 246 g/mol. The third kappa shape index (κ3) is 3.76. The summed E-state index contributed by atoms with van der Waals surface area (Å²) in [4.78, 5) is 0. The first-order valence-electron chi connectivity index (χ1n) is 8.01. The van der Waals surface area contributed by atoms with Crippen molar-refractivity contribution in [2.24, 2.45) is 11.8 Å². The molecule has 1 aliphatic rings. The van der Waals surface area contributed by atoms with Crippen molar-refractivity contribution in [3.05, 3.63) is 29.8 Å². The Morgan fingerprint density at radius 2 is 1.90 bits per heavy atom. The highest BCUT2D eigenvalue weighted by atomic mass is 16.5. The average molecular weight is 275 g/mol. The van der Waals surface area contributed by atoms with Gasteiger partial charge in [-0.05, 0) is 49.3 Å². The Bertz CT molecular complexity index is 416. The molecule has 0 radical (unpaired) electrons. The lowest BCUT2D eigenvalue weighted by Crippen LogP contribution is -2.42. The predicted octanol–water partition coefficient (Wildman–Crippen LogP) is 4.56. The predicted molar refractivity (Wildman–Crippen MR) is 85.1 cm³/mol.